The summed E-state index contributed by atoms with van der Waals surface area (Å²) in [6, 6.07) is 14.4. The molecule has 3 aliphatic heterocycles. The first-order chi connectivity index (χ1) is 17.6. The topological polar surface area (TPSA) is 69.3 Å². The van der Waals surface area contributed by atoms with E-state index in [-0.39, 0.29) is 0 Å². The van der Waals surface area contributed by atoms with Gasteiger partial charge < -0.3 is 24.8 Å². The smallest absolute Gasteiger partial charge is 0.319 e. The normalized spacial score (nSPS) is 24.3. The summed E-state index contributed by atoms with van der Waals surface area (Å²) < 4.78 is 6.26. The number of hydrogen-bond donors (Lipinski definition) is 2. The van der Waals surface area contributed by atoms with Crippen molar-refractivity contribution in [2.45, 2.75) is 43.8 Å². The predicted octanol–water partition coefficient (Wildman–Crippen LogP) is 4.85. The molecule has 2 bridgehead atoms. The Kier molecular flexibility index (Phi) is 5.53. The van der Waals surface area contributed by atoms with Crippen LogP contribution in [0.25, 0.3) is 32.9 Å². The van der Waals surface area contributed by atoms with Crippen molar-refractivity contribution in [2.75, 3.05) is 38.2 Å². The number of ether oxygens (including phenoxy) is 1. The molecule has 2 N–H and O–H groups in total. The van der Waals surface area contributed by atoms with Gasteiger partial charge >= 0.3 is 6.01 Å². The predicted molar refractivity (Wildman–Crippen MR) is 145 cm³/mol. The standard InChI is InChI=1S/C28H31ClN6O/c1-34-10-2-3-21(34)16-36-28-32-26-11-17(24-13-30-25-9-5-18(29)12-23(24)25)4-8-22(26)27(33-28)35-14-19-6-7-20(15-35)31-19/h4-5,8-9,11-13,19-21,30-31H,2-3,6-7,10,14-16H2,1H3/t19-,20+,21-/m0/s1. The molecule has 2 aromatic carbocycles. The number of aromatic nitrogens is 3. The third-order valence-corrected chi connectivity index (χ3v) is 8.44. The molecule has 3 atom stereocenters. The largest absolute Gasteiger partial charge is 0.462 e. The van der Waals surface area contributed by atoms with Crippen LogP contribution in [0.5, 0.6) is 6.01 Å². The SMILES string of the molecule is CN1CCC[C@H]1COc1nc(N2C[C@H]3CC[C@@H](C2)N3)c2ccc(-c3c[nH]c4ccc(Cl)cc34)cc2n1. The zero-order valence-electron chi connectivity index (χ0n) is 20.5. The molecule has 3 fully saturated rings. The summed E-state index contributed by atoms with van der Waals surface area (Å²) >= 11 is 6.32. The molecule has 0 spiro atoms. The molecule has 0 radical (unpaired) electrons. The molecule has 0 aliphatic carbocycles. The molecule has 7 nitrogen and oxygen atoms in total. The second-order valence-corrected chi connectivity index (χ2v) is 11.0. The summed E-state index contributed by atoms with van der Waals surface area (Å²) in [5, 5.41) is 6.64. The van der Waals surface area contributed by atoms with E-state index >= 15 is 0 Å². The van der Waals surface area contributed by atoms with Gasteiger partial charge in [-0.15, -0.1) is 0 Å². The van der Waals surface area contributed by atoms with Gasteiger partial charge in [0.2, 0.25) is 0 Å². The van der Waals surface area contributed by atoms with Crippen molar-refractivity contribution in [3.05, 3.63) is 47.6 Å². The number of halogens is 1. The highest BCUT2D eigenvalue weighted by Gasteiger charge is 2.34. The average Bonchev–Trinajstić information content (AvgIpc) is 3.59. The van der Waals surface area contributed by atoms with Gasteiger partial charge in [-0.1, -0.05) is 17.7 Å². The number of nitrogens with zero attached hydrogens (tertiary/aromatic N) is 4. The van der Waals surface area contributed by atoms with Crippen molar-refractivity contribution < 1.29 is 4.74 Å². The highest BCUT2D eigenvalue weighted by atomic mass is 35.5. The van der Waals surface area contributed by atoms with Gasteiger partial charge in [-0.25, -0.2) is 0 Å². The zero-order valence-corrected chi connectivity index (χ0v) is 21.3. The van der Waals surface area contributed by atoms with Crippen LogP contribution in [-0.4, -0.2) is 71.3 Å². The van der Waals surface area contributed by atoms with E-state index in [9.17, 15) is 0 Å². The number of hydrogen-bond acceptors (Lipinski definition) is 6. The van der Waals surface area contributed by atoms with Crippen molar-refractivity contribution >= 4 is 39.2 Å². The summed E-state index contributed by atoms with van der Waals surface area (Å²) in [6.45, 7) is 3.68. The van der Waals surface area contributed by atoms with E-state index in [1.807, 2.05) is 24.4 Å². The van der Waals surface area contributed by atoms with Gasteiger partial charge in [-0.2, -0.15) is 9.97 Å². The van der Waals surface area contributed by atoms with Crippen LogP contribution in [0, 0.1) is 0 Å². The number of fused-ring (bicyclic) bond motifs is 4. The fourth-order valence-corrected chi connectivity index (χ4v) is 6.40. The highest BCUT2D eigenvalue weighted by molar-refractivity contribution is 6.31. The van der Waals surface area contributed by atoms with Gasteiger partial charge in [0.15, 0.2) is 0 Å². The number of rotatable bonds is 5. The van der Waals surface area contributed by atoms with E-state index in [4.69, 9.17) is 26.3 Å². The molecular formula is C28H31ClN6O. The van der Waals surface area contributed by atoms with Gasteiger partial charge in [0.05, 0.1) is 5.52 Å². The fraction of sp³-hybridized carbons (Fsp3) is 0.429. The van der Waals surface area contributed by atoms with Crippen LogP contribution >= 0.6 is 11.6 Å². The third kappa shape index (κ3) is 3.99. The van der Waals surface area contributed by atoms with E-state index in [2.05, 4.69) is 45.3 Å². The number of anilines is 1. The molecule has 4 aromatic rings. The van der Waals surface area contributed by atoms with Crippen molar-refractivity contribution in [2.24, 2.45) is 0 Å². The van der Waals surface area contributed by atoms with Gasteiger partial charge in [0, 0.05) is 64.3 Å². The Morgan fingerprint density at radius 3 is 2.69 bits per heavy atom. The Morgan fingerprint density at radius 2 is 1.89 bits per heavy atom. The first-order valence-corrected chi connectivity index (χ1v) is 13.4. The summed E-state index contributed by atoms with van der Waals surface area (Å²) in [7, 11) is 2.17. The second-order valence-electron chi connectivity index (χ2n) is 10.6. The molecule has 0 unspecified atom stereocenters. The summed E-state index contributed by atoms with van der Waals surface area (Å²) in [6.07, 6.45) is 6.89. The van der Waals surface area contributed by atoms with Crippen molar-refractivity contribution in [3.63, 3.8) is 0 Å². The molecule has 0 saturated carbocycles. The maximum Gasteiger partial charge on any atom is 0.319 e. The summed E-state index contributed by atoms with van der Waals surface area (Å²) in [4.78, 5) is 18.1. The maximum atomic E-state index is 6.32. The minimum absolute atomic E-state index is 0.421. The van der Waals surface area contributed by atoms with Crippen molar-refractivity contribution in [3.8, 4) is 17.1 Å². The molecule has 7 rings (SSSR count). The third-order valence-electron chi connectivity index (χ3n) is 8.20. The van der Waals surface area contributed by atoms with Crippen molar-refractivity contribution in [1.82, 2.24) is 25.2 Å². The first kappa shape index (κ1) is 22.3. The van der Waals surface area contributed by atoms with E-state index in [0.29, 0.717) is 30.7 Å². The van der Waals surface area contributed by atoms with Crippen LogP contribution in [0.3, 0.4) is 0 Å². The Balaban J connectivity index is 1.30. The Morgan fingerprint density at radius 1 is 1.03 bits per heavy atom. The van der Waals surface area contributed by atoms with Crippen LogP contribution in [0.1, 0.15) is 25.7 Å². The van der Waals surface area contributed by atoms with E-state index < -0.39 is 0 Å². The first-order valence-electron chi connectivity index (χ1n) is 13.0. The fourth-order valence-electron chi connectivity index (χ4n) is 6.23. The molecule has 3 saturated heterocycles. The molecule has 8 heteroatoms. The quantitative estimate of drug-likeness (QED) is 0.407. The average molecular weight is 503 g/mol. The molecular weight excluding hydrogens is 472 g/mol. The van der Waals surface area contributed by atoms with E-state index in [1.54, 1.807) is 0 Å². The summed E-state index contributed by atoms with van der Waals surface area (Å²) in [5.74, 6) is 0.988. The van der Waals surface area contributed by atoms with Crippen LogP contribution in [0.15, 0.2) is 42.6 Å². The molecule has 0 amide bonds. The Bertz CT molecular complexity index is 1420. The van der Waals surface area contributed by atoms with Crippen LogP contribution in [-0.2, 0) is 0 Å². The molecule has 3 aliphatic rings. The number of nitrogens with one attached hydrogen (secondary N) is 2. The number of likely N-dealkylation sites (N-methyl/N-ethyl adjacent to an activating group) is 1. The van der Waals surface area contributed by atoms with E-state index in [1.165, 1.54) is 19.3 Å². The van der Waals surface area contributed by atoms with Crippen LogP contribution in [0.2, 0.25) is 5.02 Å². The Labute approximate surface area is 215 Å². The molecule has 186 valence electrons. The van der Waals surface area contributed by atoms with Crippen molar-refractivity contribution in [1.29, 1.82) is 0 Å². The molecule has 5 heterocycles. The summed E-state index contributed by atoms with van der Waals surface area (Å²) in [5.41, 5.74) is 4.20. The number of benzene rings is 2. The van der Waals surface area contributed by atoms with Gasteiger partial charge in [-0.05, 0) is 75.2 Å². The second kappa shape index (κ2) is 8.91. The number of piperazine rings is 1. The zero-order chi connectivity index (χ0) is 24.2. The minimum atomic E-state index is 0.421. The maximum absolute atomic E-state index is 6.32. The lowest BCUT2D eigenvalue weighted by atomic mass is 10.0. The Hall–Kier alpha value is -2.87. The highest BCUT2D eigenvalue weighted by Crippen LogP contribution is 2.36. The van der Waals surface area contributed by atoms with Gasteiger partial charge in [-0.3, -0.25) is 0 Å². The van der Waals surface area contributed by atoms with E-state index in [0.717, 1.165) is 69.8 Å². The lowest BCUT2D eigenvalue weighted by molar-refractivity contribution is 0.188. The number of aromatic amines is 1. The number of H-pyrrole nitrogens is 1. The van der Waals surface area contributed by atoms with Crippen LogP contribution < -0.4 is 15.0 Å². The van der Waals surface area contributed by atoms with Crippen LogP contribution in [0.4, 0.5) is 5.82 Å². The minimum Gasteiger partial charge on any atom is -0.462 e. The van der Waals surface area contributed by atoms with Gasteiger partial charge in [0.25, 0.3) is 0 Å². The lowest BCUT2D eigenvalue weighted by Gasteiger charge is -2.34. The molecule has 36 heavy (non-hydrogen) atoms. The molecule has 2 aromatic heterocycles. The number of likely N-dealkylation sites (tertiary alicyclic amines) is 1. The van der Waals surface area contributed by atoms with Gasteiger partial charge in [0.1, 0.15) is 12.4 Å². The lowest BCUT2D eigenvalue weighted by Crippen LogP contribution is -2.51. The monoisotopic (exact) mass is 502 g/mol.